The van der Waals surface area contributed by atoms with Crippen molar-refractivity contribution in [2.75, 3.05) is 0 Å². The monoisotopic (exact) mass is 1730 g/mol. The predicted molar refractivity (Wildman–Crippen MR) is 585 cm³/mol. The van der Waals surface area contributed by atoms with Gasteiger partial charge in [-0.25, -0.2) is 0 Å². The first kappa shape index (κ1) is 76.7. The van der Waals surface area contributed by atoms with Gasteiger partial charge in [-0.15, -0.1) is 0 Å². The summed E-state index contributed by atoms with van der Waals surface area (Å²) in [5.74, 6) is 0. The van der Waals surface area contributed by atoms with Crippen LogP contribution in [0.1, 0.15) is 0 Å². The summed E-state index contributed by atoms with van der Waals surface area (Å²) in [7, 11) is 0. The van der Waals surface area contributed by atoms with Crippen LogP contribution in [-0.2, 0) is 0 Å². The lowest BCUT2D eigenvalue weighted by molar-refractivity contribution is 0.672. The van der Waals surface area contributed by atoms with Crippen molar-refractivity contribution in [1.29, 1.82) is 0 Å². The molecule has 28 aromatic carbocycles. The van der Waals surface area contributed by atoms with Gasteiger partial charge in [0.05, 0.1) is 0 Å². The summed E-state index contributed by atoms with van der Waals surface area (Å²) >= 11 is 0. The fourth-order valence-electron chi connectivity index (χ4n) is 23.6. The highest BCUT2D eigenvalue weighted by atomic mass is 16.3. The first-order valence-corrected chi connectivity index (χ1v) is 47.3. The van der Waals surface area contributed by atoms with Gasteiger partial charge < -0.3 is 13.3 Å². The van der Waals surface area contributed by atoms with Crippen LogP contribution in [0.15, 0.2) is 486 Å². The largest absolute Gasteiger partial charge is 0.455 e. The SMILES string of the molecule is c1ccc2c(c1)ccc1c3cc(-c4c5ccccc5c(-c5ccc6ccc7cccc8ccc5c6c78)c5ccccc45)ccc3oc21.c1ccc2c(c1)ccc1c3cc(-c4c5ccccc5c(-c5cccc6ccc7ccccc7c56)c5ccccc45)ccc3oc21.c1ccc2c(c1)ccc1ccc(-c3c4ccccc4c(-c4ccc5oc6c7ccccc7ccc6c5c4)c4ccccc34)cc12. The van der Waals surface area contributed by atoms with Gasteiger partial charge in [0, 0.05) is 48.5 Å². The lowest BCUT2D eigenvalue weighted by atomic mass is 9.83. The highest BCUT2D eigenvalue weighted by Crippen LogP contribution is 2.53. The molecule has 0 aliphatic carbocycles. The summed E-state index contributed by atoms with van der Waals surface area (Å²) in [5.41, 5.74) is 20.6. The predicted octanol–water partition coefficient (Wildman–Crippen LogP) is 38.6. The zero-order chi connectivity index (χ0) is 89.6. The molecule has 0 amide bonds. The third-order valence-electron chi connectivity index (χ3n) is 29.6. The number of benzene rings is 28. The van der Waals surface area contributed by atoms with Gasteiger partial charge in [0.1, 0.15) is 33.5 Å². The zero-order valence-corrected chi connectivity index (χ0v) is 74.3. The van der Waals surface area contributed by atoms with Crippen molar-refractivity contribution in [3.05, 3.63) is 473 Å². The highest BCUT2D eigenvalue weighted by molar-refractivity contribution is 6.33. The van der Waals surface area contributed by atoms with Crippen molar-refractivity contribution in [2.45, 2.75) is 0 Å². The van der Waals surface area contributed by atoms with E-state index >= 15 is 0 Å². The Morgan fingerprint density at radius 1 is 0.109 bits per heavy atom. The van der Waals surface area contributed by atoms with E-state index in [1.807, 2.05) is 0 Å². The van der Waals surface area contributed by atoms with Crippen LogP contribution >= 0.6 is 0 Å². The van der Waals surface area contributed by atoms with E-state index in [2.05, 4.69) is 473 Å². The summed E-state index contributed by atoms with van der Waals surface area (Å²) < 4.78 is 19.5. The van der Waals surface area contributed by atoms with Crippen LogP contribution in [0, 0.1) is 0 Å². The molecule has 632 valence electrons. The molecular formula is C134H78O3. The Hall–Kier alpha value is -18.0. The normalized spacial score (nSPS) is 12.1. The molecule has 0 atom stereocenters. The Bertz CT molecular complexity index is 10400. The van der Waals surface area contributed by atoms with Crippen LogP contribution in [0.5, 0.6) is 0 Å². The molecule has 3 aromatic heterocycles. The Kier molecular flexibility index (Phi) is 16.9. The number of rotatable bonds is 6. The summed E-state index contributed by atoms with van der Waals surface area (Å²) in [4.78, 5) is 0. The quantitative estimate of drug-likeness (QED) is 0.123. The number of hydrogen-bond acceptors (Lipinski definition) is 3. The Balaban J connectivity index is 0.0000000994. The molecule has 0 unspecified atom stereocenters. The van der Waals surface area contributed by atoms with Crippen LogP contribution in [0.4, 0.5) is 0 Å². The van der Waals surface area contributed by atoms with Gasteiger partial charge in [0.2, 0.25) is 0 Å². The van der Waals surface area contributed by atoms with Gasteiger partial charge in [0.25, 0.3) is 0 Å². The maximum absolute atomic E-state index is 6.50. The molecular weight excluding hydrogens is 1660 g/mol. The smallest absolute Gasteiger partial charge is 0.143 e. The second-order valence-electron chi connectivity index (χ2n) is 36.8. The molecule has 0 spiro atoms. The van der Waals surface area contributed by atoms with E-state index in [0.717, 1.165) is 82.0 Å². The van der Waals surface area contributed by atoms with Crippen molar-refractivity contribution < 1.29 is 13.3 Å². The minimum Gasteiger partial charge on any atom is -0.455 e. The van der Waals surface area contributed by atoms with Gasteiger partial charge in [0.15, 0.2) is 0 Å². The van der Waals surface area contributed by atoms with E-state index < -0.39 is 0 Å². The average Bonchev–Trinajstić information content (AvgIpc) is 1.23. The first-order chi connectivity index (χ1) is 68.0. The summed E-state index contributed by atoms with van der Waals surface area (Å²) in [5, 5.41) is 47.1. The lowest BCUT2D eigenvalue weighted by Gasteiger charge is -2.20. The van der Waals surface area contributed by atoms with E-state index in [0.29, 0.717) is 0 Å². The van der Waals surface area contributed by atoms with Crippen LogP contribution < -0.4 is 0 Å². The Morgan fingerprint density at radius 2 is 0.343 bits per heavy atom. The minimum atomic E-state index is 0.915. The van der Waals surface area contributed by atoms with Gasteiger partial charge in [-0.1, -0.05) is 413 Å². The van der Waals surface area contributed by atoms with Crippen molar-refractivity contribution >= 4 is 238 Å². The zero-order valence-electron chi connectivity index (χ0n) is 74.3. The van der Waals surface area contributed by atoms with E-state index in [4.69, 9.17) is 13.3 Å². The minimum absolute atomic E-state index is 0.915. The Morgan fingerprint density at radius 3 is 0.730 bits per heavy atom. The first-order valence-electron chi connectivity index (χ1n) is 47.3. The summed E-state index contributed by atoms with van der Waals surface area (Å²) in [6.45, 7) is 0. The van der Waals surface area contributed by atoms with Gasteiger partial charge in [-0.3, -0.25) is 0 Å². The molecule has 0 saturated heterocycles. The molecule has 0 saturated carbocycles. The topological polar surface area (TPSA) is 39.4 Å². The second-order valence-corrected chi connectivity index (χ2v) is 36.8. The molecule has 0 aliphatic rings. The highest BCUT2D eigenvalue weighted by Gasteiger charge is 2.26. The third-order valence-corrected chi connectivity index (χ3v) is 29.6. The van der Waals surface area contributed by atoms with Crippen LogP contribution in [-0.4, -0.2) is 0 Å². The van der Waals surface area contributed by atoms with E-state index in [1.54, 1.807) is 0 Å². The average molecular weight is 1740 g/mol. The standard InChI is InChI=1S/C46H26O.2C44H26O/c1-2-11-32-27(8-1)18-24-39-40-26-31(21-25-41(40)47-46(32)39)43-33-12-3-5-14-35(33)45(36-15-6-4-13-34(36)43)38-23-20-30-17-16-28-9-7-10-29-19-22-37(38)44(30)42(28)29;1-3-13-31-27(10-1)20-21-29-12-9-19-38(41(29)31)43-35-17-7-5-15-33(35)42(34-16-6-8-18-36(34)43)30-23-25-40-39(26-30)37-24-22-28-11-2-4-14-32(28)44(37)45-40;1-3-11-32-27(9-1)17-18-29-19-20-30(25-39(29)32)42-34-13-5-7-15-36(34)43(37-16-8-6-14-35(37)42)31-22-24-41-40(26-31)38-23-21-28-10-2-4-12-33(28)44(38)45-41/h1-26H;2*1-26H. The van der Waals surface area contributed by atoms with Crippen LogP contribution in [0.3, 0.4) is 0 Å². The summed E-state index contributed by atoms with van der Waals surface area (Å²) in [6, 6.07) is 173. The number of furan rings is 3. The molecule has 3 heteroatoms. The molecule has 31 aromatic rings. The molecule has 31 rings (SSSR count). The number of hydrogen-bond donors (Lipinski definition) is 0. The molecule has 0 aliphatic heterocycles. The molecule has 137 heavy (non-hydrogen) atoms. The Labute approximate surface area is 785 Å². The molecule has 0 bridgehead atoms. The maximum Gasteiger partial charge on any atom is 0.143 e. The van der Waals surface area contributed by atoms with Gasteiger partial charge in [-0.05, 0) is 284 Å². The van der Waals surface area contributed by atoms with Crippen molar-refractivity contribution in [3.8, 4) is 66.8 Å². The van der Waals surface area contributed by atoms with E-state index in [9.17, 15) is 0 Å². The van der Waals surface area contributed by atoms with Crippen molar-refractivity contribution in [2.24, 2.45) is 0 Å². The summed E-state index contributed by atoms with van der Waals surface area (Å²) in [6.07, 6.45) is 0. The van der Waals surface area contributed by atoms with E-state index in [1.165, 1.54) is 223 Å². The molecule has 3 heterocycles. The van der Waals surface area contributed by atoms with Crippen molar-refractivity contribution in [3.63, 3.8) is 0 Å². The van der Waals surface area contributed by atoms with E-state index in [-0.39, 0.29) is 0 Å². The molecule has 0 N–H and O–H groups in total. The van der Waals surface area contributed by atoms with Crippen LogP contribution in [0.25, 0.3) is 305 Å². The molecule has 0 fully saturated rings. The van der Waals surface area contributed by atoms with Gasteiger partial charge in [-0.2, -0.15) is 0 Å². The molecule has 0 radical (unpaired) electrons. The lowest BCUT2D eigenvalue weighted by Crippen LogP contribution is -1.92. The third kappa shape index (κ3) is 11.8. The van der Waals surface area contributed by atoms with Crippen molar-refractivity contribution in [1.82, 2.24) is 0 Å². The fourth-order valence-corrected chi connectivity index (χ4v) is 23.6. The van der Waals surface area contributed by atoms with Crippen LogP contribution in [0.2, 0.25) is 0 Å². The maximum atomic E-state index is 6.50. The molecule has 3 nitrogen and oxygen atoms in total. The fraction of sp³-hybridized carbons (Fsp3) is 0. The van der Waals surface area contributed by atoms with Gasteiger partial charge >= 0.3 is 0 Å². The second kappa shape index (κ2) is 30.3. The number of fused-ring (bicyclic) bond motifs is 27.